The molecule has 0 aliphatic carbocycles. The molecule has 4 nitrogen and oxygen atoms in total. The minimum Gasteiger partial charge on any atom is -0.395 e. The molecule has 1 aromatic rings. The van der Waals surface area contributed by atoms with Gasteiger partial charge in [-0.25, -0.2) is 4.98 Å². The first-order valence-electron chi connectivity index (χ1n) is 7.74. The summed E-state index contributed by atoms with van der Waals surface area (Å²) in [5.41, 5.74) is 1.24. The van der Waals surface area contributed by atoms with E-state index in [1.165, 1.54) is 5.56 Å². The van der Waals surface area contributed by atoms with E-state index in [2.05, 4.69) is 55.0 Å². The fraction of sp³-hybridized carbons (Fsp3) is 0.688. The second kappa shape index (κ2) is 8.93. The van der Waals surface area contributed by atoms with Gasteiger partial charge < -0.3 is 15.3 Å². The van der Waals surface area contributed by atoms with Crippen molar-refractivity contribution in [3.8, 4) is 0 Å². The van der Waals surface area contributed by atoms with E-state index in [0.717, 1.165) is 25.2 Å². The monoisotopic (exact) mass is 279 g/mol. The largest absolute Gasteiger partial charge is 0.395 e. The molecule has 0 saturated heterocycles. The molecular weight excluding hydrogens is 250 g/mol. The molecule has 1 atom stereocenters. The van der Waals surface area contributed by atoms with Gasteiger partial charge in [0.15, 0.2) is 0 Å². The maximum Gasteiger partial charge on any atom is 0.129 e. The Morgan fingerprint density at radius 2 is 2.00 bits per heavy atom. The van der Waals surface area contributed by atoms with Crippen LogP contribution in [0.15, 0.2) is 18.3 Å². The number of aliphatic hydroxyl groups is 1. The van der Waals surface area contributed by atoms with E-state index in [0.29, 0.717) is 18.6 Å². The van der Waals surface area contributed by atoms with Gasteiger partial charge in [-0.15, -0.1) is 0 Å². The minimum absolute atomic E-state index is 0.158. The van der Waals surface area contributed by atoms with Gasteiger partial charge in [-0.05, 0) is 44.0 Å². The van der Waals surface area contributed by atoms with E-state index in [4.69, 9.17) is 0 Å². The lowest BCUT2D eigenvalue weighted by molar-refractivity contribution is 0.295. The van der Waals surface area contributed by atoms with E-state index < -0.39 is 0 Å². The predicted octanol–water partition coefficient (Wildman–Crippen LogP) is 2.74. The van der Waals surface area contributed by atoms with Crippen molar-refractivity contribution in [3.05, 3.63) is 23.9 Å². The number of aliphatic hydroxyl groups excluding tert-OH is 1. The standard InChI is InChI=1S/C16H29N3O/c1-5-15(6-2)19(10-11-20)16-12-14(8-9-18-16)13(4)17-7-3/h8-9,12-13,15,17,20H,5-7,10-11H2,1-4H3. The van der Waals surface area contributed by atoms with E-state index in [-0.39, 0.29) is 6.61 Å². The van der Waals surface area contributed by atoms with Gasteiger partial charge in [0.2, 0.25) is 0 Å². The zero-order valence-corrected chi connectivity index (χ0v) is 13.3. The highest BCUT2D eigenvalue weighted by atomic mass is 16.3. The van der Waals surface area contributed by atoms with Gasteiger partial charge in [0.25, 0.3) is 0 Å². The van der Waals surface area contributed by atoms with E-state index in [9.17, 15) is 5.11 Å². The molecule has 0 amide bonds. The van der Waals surface area contributed by atoms with Crippen molar-refractivity contribution >= 4 is 5.82 Å². The number of aromatic nitrogens is 1. The molecule has 1 heterocycles. The van der Waals surface area contributed by atoms with Crippen LogP contribution < -0.4 is 10.2 Å². The number of anilines is 1. The summed E-state index contributed by atoms with van der Waals surface area (Å²) >= 11 is 0. The van der Waals surface area contributed by atoms with Crippen LogP contribution in [0.2, 0.25) is 0 Å². The first-order chi connectivity index (χ1) is 9.67. The third-order valence-electron chi connectivity index (χ3n) is 3.80. The second-order valence-electron chi connectivity index (χ2n) is 5.11. The Morgan fingerprint density at radius 3 is 2.55 bits per heavy atom. The lowest BCUT2D eigenvalue weighted by Gasteiger charge is -2.31. The number of nitrogens with zero attached hydrogens (tertiary/aromatic N) is 2. The number of nitrogens with one attached hydrogen (secondary N) is 1. The summed E-state index contributed by atoms with van der Waals surface area (Å²) in [7, 11) is 0. The molecule has 0 radical (unpaired) electrons. The lowest BCUT2D eigenvalue weighted by atomic mass is 10.1. The van der Waals surface area contributed by atoms with Crippen LogP contribution in [0.4, 0.5) is 5.82 Å². The quantitative estimate of drug-likeness (QED) is 0.730. The fourth-order valence-corrected chi connectivity index (χ4v) is 2.61. The lowest BCUT2D eigenvalue weighted by Crippen LogP contribution is -2.37. The van der Waals surface area contributed by atoms with Gasteiger partial charge in [0.1, 0.15) is 5.82 Å². The van der Waals surface area contributed by atoms with Gasteiger partial charge in [-0.1, -0.05) is 20.8 Å². The van der Waals surface area contributed by atoms with Gasteiger partial charge >= 0.3 is 0 Å². The number of rotatable bonds is 9. The maximum atomic E-state index is 9.32. The van der Waals surface area contributed by atoms with Crippen molar-refractivity contribution in [2.24, 2.45) is 0 Å². The molecule has 0 aliphatic rings. The molecule has 20 heavy (non-hydrogen) atoms. The summed E-state index contributed by atoms with van der Waals surface area (Å²) < 4.78 is 0. The van der Waals surface area contributed by atoms with Crippen molar-refractivity contribution in [2.75, 3.05) is 24.6 Å². The topological polar surface area (TPSA) is 48.4 Å². The fourth-order valence-electron chi connectivity index (χ4n) is 2.61. The molecule has 114 valence electrons. The Labute approximate surface area is 123 Å². The summed E-state index contributed by atoms with van der Waals surface area (Å²) in [6.07, 6.45) is 3.99. The molecule has 0 saturated carbocycles. The summed E-state index contributed by atoms with van der Waals surface area (Å²) in [5, 5.41) is 12.7. The van der Waals surface area contributed by atoms with Gasteiger partial charge in [-0.2, -0.15) is 0 Å². The van der Waals surface area contributed by atoms with Crippen molar-refractivity contribution in [2.45, 2.75) is 52.6 Å². The highest BCUT2D eigenvalue weighted by molar-refractivity contribution is 5.43. The van der Waals surface area contributed by atoms with Crippen LogP contribution in [-0.4, -0.2) is 35.8 Å². The van der Waals surface area contributed by atoms with Crippen LogP contribution in [-0.2, 0) is 0 Å². The Kier molecular flexibility index (Phi) is 7.55. The van der Waals surface area contributed by atoms with Crippen LogP contribution in [0.25, 0.3) is 0 Å². The number of pyridine rings is 1. The normalized spacial score (nSPS) is 12.7. The van der Waals surface area contributed by atoms with Crippen molar-refractivity contribution in [1.29, 1.82) is 0 Å². The molecule has 1 unspecified atom stereocenters. The first kappa shape index (κ1) is 16.9. The summed E-state index contributed by atoms with van der Waals surface area (Å²) in [5.74, 6) is 0.968. The SMILES string of the molecule is CCNC(C)c1ccnc(N(CCO)C(CC)CC)c1. The van der Waals surface area contributed by atoms with Crippen molar-refractivity contribution in [1.82, 2.24) is 10.3 Å². The maximum absolute atomic E-state index is 9.32. The molecule has 1 aromatic heterocycles. The van der Waals surface area contributed by atoms with Crippen LogP contribution in [0.3, 0.4) is 0 Å². The van der Waals surface area contributed by atoms with Gasteiger partial charge in [0, 0.05) is 24.8 Å². The molecule has 1 rings (SSSR count). The highest BCUT2D eigenvalue weighted by Crippen LogP contribution is 2.21. The number of hydrogen-bond acceptors (Lipinski definition) is 4. The average molecular weight is 279 g/mol. The molecule has 0 aliphatic heterocycles. The molecule has 4 heteroatoms. The van der Waals surface area contributed by atoms with Gasteiger partial charge in [-0.3, -0.25) is 0 Å². The Morgan fingerprint density at radius 1 is 1.30 bits per heavy atom. The highest BCUT2D eigenvalue weighted by Gasteiger charge is 2.17. The van der Waals surface area contributed by atoms with Crippen molar-refractivity contribution in [3.63, 3.8) is 0 Å². The molecule has 0 aromatic carbocycles. The van der Waals surface area contributed by atoms with E-state index in [1.807, 2.05) is 6.20 Å². The Balaban J connectivity index is 2.98. The zero-order valence-electron chi connectivity index (χ0n) is 13.3. The smallest absolute Gasteiger partial charge is 0.129 e. The summed E-state index contributed by atoms with van der Waals surface area (Å²) in [6, 6.07) is 4.95. The molecule has 0 fully saturated rings. The predicted molar refractivity (Wildman–Crippen MR) is 85.1 cm³/mol. The number of hydrogen-bond donors (Lipinski definition) is 2. The summed E-state index contributed by atoms with van der Waals surface area (Å²) in [4.78, 5) is 6.73. The van der Waals surface area contributed by atoms with Crippen LogP contribution >= 0.6 is 0 Å². The Bertz CT molecular complexity index is 380. The van der Waals surface area contributed by atoms with Crippen molar-refractivity contribution < 1.29 is 5.11 Å². The van der Waals surface area contributed by atoms with Crippen LogP contribution in [0.5, 0.6) is 0 Å². The first-order valence-corrected chi connectivity index (χ1v) is 7.74. The second-order valence-corrected chi connectivity index (χ2v) is 5.11. The molecule has 0 bridgehead atoms. The van der Waals surface area contributed by atoms with Gasteiger partial charge in [0.05, 0.1) is 6.61 Å². The molecule has 2 N–H and O–H groups in total. The van der Waals surface area contributed by atoms with E-state index >= 15 is 0 Å². The van der Waals surface area contributed by atoms with Crippen LogP contribution in [0, 0.1) is 0 Å². The Hall–Kier alpha value is -1.13. The van der Waals surface area contributed by atoms with Crippen LogP contribution in [0.1, 0.15) is 52.1 Å². The molecule has 0 spiro atoms. The summed E-state index contributed by atoms with van der Waals surface area (Å²) in [6.45, 7) is 10.4. The third kappa shape index (κ3) is 4.46. The average Bonchev–Trinajstić information content (AvgIpc) is 2.48. The third-order valence-corrected chi connectivity index (χ3v) is 3.80. The van der Waals surface area contributed by atoms with E-state index in [1.54, 1.807) is 0 Å². The minimum atomic E-state index is 0.158. The zero-order chi connectivity index (χ0) is 15.0. The molecular formula is C16H29N3O.